The number of hydrogen-bond acceptors (Lipinski definition) is 2. The highest BCUT2D eigenvalue weighted by Gasteiger charge is 2.32. The summed E-state index contributed by atoms with van der Waals surface area (Å²) in [5.41, 5.74) is 2.39. The van der Waals surface area contributed by atoms with Gasteiger partial charge in [-0.2, -0.15) is 0 Å². The van der Waals surface area contributed by atoms with Crippen molar-refractivity contribution in [2.75, 3.05) is 13.7 Å². The summed E-state index contributed by atoms with van der Waals surface area (Å²) >= 11 is 0. The first kappa shape index (κ1) is 13.6. The van der Waals surface area contributed by atoms with Crippen molar-refractivity contribution in [3.05, 3.63) is 35.7 Å². The van der Waals surface area contributed by atoms with Crippen LogP contribution in [-0.2, 0) is 0 Å². The van der Waals surface area contributed by atoms with E-state index < -0.39 is 0 Å². The Balaban J connectivity index is 1.97. The summed E-state index contributed by atoms with van der Waals surface area (Å²) in [6, 6.07) is 6.05. The molecule has 108 valence electrons. The first-order valence-electron chi connectivity index (χ1n) is 7.54. The van der Waals surface area contributed by atoms with Gasteiger partial charge in [-0.05, 0) is 50.9 Å². The average Bonchev–Trinajstić information content (AvgIpc) is 2.39. The van der Waals surface area contributed by atoms with Crippen molar-refractivity contribution in [3.63, 3.8) is 0 Å². The van der Waals surface area contributed by atoms with Crippen LogP contribution in [-0.4, -0.2) is 30.6 Å². The number of benzene rings is 1. The molecule has 1 fully saturated rings. The topological polar surface area (TPSA) is 12.5 Å². The molecule has 20 heavy (non-hydrogen) atoms. The molecule has 3 rings (SSSR count). The van der Waals surface area contributed by atoms with Gasteiger partial charge >= 0.3 is 0 Å². The minimum atomic E-state index is -0.231. The van der Waals surface area contributed by atoms with E-state index >= 15 is 0 Å². The van der Waals surface area contributed by atoms with Crippen LogP contribution in [0.4, 0.5) is 4.39 Å². The van der Waals surface area contributed by atoms with E-state index in [2.05, 4.69) is 18.0 Å². The van der Waals surface area contributed by atoms with Gasteiger partial charge in [0.2, 0.25) is 0 Å². The number of fused-ring (bicyclic) bond motifs is 2. The van der Waals surface area contributed by atoms with Gasteiger partial charge in [0.25, 0.3) is 0 Å². The van der Waals surface area contributed by atoms with Crippen LogP contribution in [0.3, 0.4) is 0 Å². The summed E-state index contributed by atoms with van der Waals surface area (Å²) in [7, 11) is 2.22. The Bertz CT molecular complexity index is 526. The zero-order chi connectivity index (χ0) is 14.1. The van der Waals surface area contributed by atoms with Gasteiger partial charge in [0.15, 0.2) is 0 Å². The number of ether oxygens (including phenoxy) is 1. The fourth-order valence-corrected chi connectivity index (χ4v) is 3.48. The lowest BCUT2D eigenvalue weighted by Gasteiger charge is -2.43. The van der Waals surface area contributed by atoms with E-state index in [1.54, 1.807) is 0 Å². The van der Waals surface area contributed by atoms with Crippen molar-refractivity contribution in [1.82, 2.24) is 4.90 Å². The molecule has 1 aromatic carbocycles. The Kier molecular flexibility index (Phi) is 3.79. The lowest BCUT2D eigenvalue weighted by atomic mass is 9.83. The summed E-state index contributed by atoms with van der Waals surface area (Å²) < 4.78 is 19.0. The Morgan fingerprint density at radius 1 is 1.35 bits per heavy atom. The van der Waals surface area contributed by atoms with Crippen LogP contribution in [0.15, 0.2) is 24.3 Å². The number of halogens is 1. The highest BCUT2D eigenvalue weighted by Crippen LogP contribution is 2.39. The molecule has 0 aromatic heterocycles. The van der Waals surface area contributed by atoms with E-state index in [9.17, 15) is 4.39 Å². The van der Waals surface area contributed by atoms with Gasteiger partial charge in [-0.25, -0.2) is 4.39 Å². The van der Waals surface area contributed by atoms with Crippen molar-refractivity contribution in [1.29, 1.82) is 0 Å². The summed E-state index contributed by atoms with van der Waals surface area (Å²) in [6.07, 6.45) is 7.19. The second kappa shape index (κ2) is 5.57. The molecule has 0 saturated carbocycles. The Morgan fingerprint density at radius 3 is 2.95 bits per heavy atom. The molecule has 0 N–H and O–H groups in total. The van der Waals surface area contributed by atoms with Gasteiger partial charge in [-0.3, -0.25) is 4.90 Å². The minimum Gasteiger partial charge on any atom is -0.493 e. The van der Waals surface area contributed by atoms with Crippen molar-refractivity contribution >= 4 is 5.57 Å². The lowest BCUT2D eigenvalue weighted by molar-refractivity contribution is 0.137. The summed E-state index contributed by atoms with van der Waals surface area (Å²) in [5.74, 6) is 0.451. The number of piperidine rings is 1. The molecule has 2 bridgehead atoms. The number of likely N-dealkylation sites (N-methyl/N-ethyl adjacent to an activating group) is 1. The molecule has 0 spiro atoms. The maximum Gasteiger partial charge on any atom is 0.129 e. The third-order valence-corrected chi connectivity index (χ3v) is 4.57. The number of hydrogen-bond donors (Lipinski definition) is 0. The first-order valence-corrected chi connectivity index (χ1v) is 7.54. The van der Waals surface area contributed by atoms with E-state index in [0.29, 0.717) is 24.4 Å². The molecule has 3 heteroatoms. The molecule has 2 aliphatic rings. The molecule has 2 aliphatic heterocycles. The fourth-order valence-electron chi connectivity index (χ4n) is 3.48. The quantitative estimate of drug-likeness (QED) is 0.830. The summed E-state index contributed by atoms with van der Waals surface area (Å²) in [6.45, 7) is 2.50. The molecule has 2 atom stereocenters. The fraction of sp³-hybridized carbons (Fsp3) is 0.529. The molecule has 2 unspecified atom stereocenters. The predicted molar refractivity (Wildman–Crippen MR) is 79.4 cm³/mol. The van der Waals surface area contributed by atoms with E-state index in [-0.39, 0.29) is 5.82 Å². The smallest absolute Gasteiger partial charge is 0.129 e. The molecule has 0 aliphatic carbocycles. The number of rotatable bonds is 3. The van der Waals surface area contributed by atoms with E-state index in [1.165, 1.54) is 37.0 Å². The summed E-state index contributed by atoms with van der Waals surface area (Å²) in [4.78, 5) is 2.48. The van der Waals surface area contributed by atoms with Gasteiger partial charge in [0.1, 0.15) is 11.6 Å². The van der Waals surface area contributed by atoms with Gasteiger partial charge in [-0.1, -0.05) is 12.5 Å². The van der Waals surface area contributed by atoms with E-state index in [0.717, 1.165) is 12.0 Å². The SMILES string of the molecule is CCOc1cc(F)ccc1C1=CC2CCCC(C1)N2C. The minimum absolute atomic E-state index is 0.231. The van der Waals surface area contributed by atoms with Crippen LogP contribution in [0.25, 0.3) is 5.57 Å². The lowest BCUT2D eigenvalue weighted by Crippen LogP contribution is -2.45. The van der Waals surface area contributed by atoms with Crippen molar-refractivity contribution < 1.29 is 9.13 Å². The molecule has 1 aromatic rings. The average molecular weight is 275 g/mol. The highest BCUT2D eigenvalue weighted by molar-refractivity contribution is 5.72. The standard InChI is InChI=1S/C17H22FNO/c1-3-20-17-11-13(18)7-8-16(17)12-9-14-5-4-6-15(10-12)19(14)2/h7-9,11,14-15H,3-6,10H2,1-2H3. The van der Waals surface area contributed by atoms with Crippen LogP contribution in [0.2, 0.25) is 0 Å². The van der Waals surface area contributed by atoms with Crippen LogP contribution in [0.1, 0.15) is 38.2 Å². The Hall–Kier alpha value is -1.35. The first-order chi connectivity index (χ1) is 9.69. The molecular formula is C17H22FNO. The Labute approximate surface area is 120 Å². The van der Waals surface area contributed by atoms with Gasteiger partial charge in [0, 0.05) is 23.7 Å². The second-order valence-corrected chi connectivity index (χ2v) is 5.79. The molecule has 1 saturated heterocycles. The molecule has 2 nitrogen and oxygen atoms in total. The van der Waals surface area contributed by atoms with Crippen molar-refractivity contribution in [3.8, 4) is 5.75 Å². The highest BCUT2D eigenvalue weighted by atomic mass is 19.1. The van der Waals surface area contributed by atoms with E-state index in [4.69, 9.17) is 4.74 Å². The maximum absolute atomic E-state index is 13.4. The van der Waals surface area contributed by atoms with Gasteiger partial charge < -0.3 is 4.74 Å². The third kappa shape index (κ3) is 2.47. The molecule has 2 heterocycles. The van der Waals surface area contributed by atoms with Crippen molar-refractivity contribution in [2.24, 2.45) is 0 Å². The second-order valence-electron chi connectivity index (χ2n) is 5.79. The Morgan fingerprint density at radius 2 is 2.20 bits per heavy atom. The maximum atomic E-state index is 13.4. The molecule has 0 radical (unpaired) electrons. The normalized spacial score (nSPS) is 26.2. The van der Waals surface area contributed by atoms with E-state index in [1.807, 2.05) is 13.0 Å². The van der Waals surface area contributed by atoms with Gasteiger partial charge in [-0.15, -0.1) is 0 Å². The van der Waals surface area contributed by atoms with Gasteiger partial charge in [0.05, 0.1) is 6.61 Å². The van der Waals surface area contributed by atoms with Crippen molar-refractivity contribution in [2.45, 2.75) is 44.7 Å². The number of nitrogens with zero attached hydrogens (tertiary/aromatic N) is 1. The zero-order valence-electron chi connectivity index (χ0n) is 12.2. The predicted octanol–water partition coefficient (Wildman–Crippen LogP) is 3.86. The molecular weight excluding hydrogens is 253 g/mol. The van der Waals surface area contributed by atoms with Crippen LogP contribution in [0.5, 0.6) is 5.75 Å². The zero-order valence-corrected chi connectivity index (χ0v) is 12.2. The molecule has 0 amide bonds. The third-order valence-electron chi connectivity index (χ3n) is 4.57. The van der Waals surface area contributed by atoms with Crippen LogP contribution < -0.4 is 4.74 Å². The largest absolute Gasteiger partial charge is 0.493 e. The van der Waals surface area contributed by atoms with Crippen LogP contribution >= 0.6 is 0 Å². The monoisotopic (exact) mass is 275 g/mol. The van der Waals surface area contributed by atoms with Crippen LogP contribution in [0, 0.1) is 5.82 Å². The summed E-state index contributed by atoms with van der Waals surface area (Å²) in [5, 5.41) is 0.